The average Bonchev–Trinajstić information content (AvgIpc) is 2.92. The zero-order valence-electron chi connectivity index (χ0n) is 15.2. The summed E-state index contributed by atoms with van der Waals surface area (Å²) in [5.41, 5.74) is 5.66. The number of halogens is 1. The van der Waals surface area contributed by atoms with Crippen molar-refractivity contribution in [1.82, 2.24) is 18.7 Å². The van der Waals surface area contributed by atoms with E-state index >= 15 is 0 Å². The Bertz CT molecular complexity index is 1380. The van der Waals surface area contributed by atoms with Crippen LogP contribution in [0.25, 0.3) is 11.2 Å². The van der Waals surface area contributed by atoms with Crippen molar-refractivity contribution in [2.45, 2.75) is 11.7 Å². The van der Waals surface area contributed by atoms with Crippen molar-refractivity contribution < 1.29 is 8.42 Å². The maximum absolute atomic E-state index is 12.6. The van der Waals surface area contributed by atoms with Gasteiger partial charge in [0.15, 0.2) is 11.2 Å². The van der Waals surface area contributed by atoms with Crippen molar-refractivity contribution in [3.05, 3.63) is 49.1 Å². The maximum atomic E-state index is 12.6. The first-order valence-electron chi connectivity index (χ1n) is 7.92. The molecule has 3 rings (SSSR count). The molecule has 146 valence electrons. The van der Waals surface area contributed by atoms with Crippen molar-refractivity contribution in [2.75, 3.05) is 12.0 Å². The summed E-state index contributed by atoms with van der Waals surface area (Å²) in [5, 5.41) is -0.299. The third-order valence-corrected chi connectivity index (χ3v) is 5.52. The van der Waals surface area contributed by atoms with E-state index in [2.05, 4.69) is 32.8 Å². The number of sulfone groups is 1. The summed E-state index contributed by atoms with van der Waals surface area (Å²) >= 11 is 3.33. The van der Waals surface area contributed by atoms with Crippen LogP contribution in [0.4, 0.5) is 5.69 Å². The minimum Gasteiger partial charge on any atom is -0.399 e. The van der Waals surface area contributed by atoms with Crippen LogP contribution >= 0.6 is 15.9 Å². The van der Waals surface area contributed by atoms with E-state index in [1.807, 2.05) is 0 Å². The summed E-state index contributed by atoms with van der Waals surface area (Å²) in [6, 6.07) is 5.18. The number of fused-ring (bicyclic) bond motifs is 1. The van der Waals surface area contributed by atoms with Gasteiger partial charge in [-0.05, 0) is 18.2 Å². The van der Waals surface area contributed by atoms with Gasteiger partial charge in [0.2, 0.25) is 15.0 Å². The van der Waals surface area contributed by atoms with Gasteiger partial charge < -0.3 is 10.3 Å². The third-order valence-electron chi connectivity index (χ3n) is 4.04. The summed E-state index contributed by atoms with van der Waals surface area (Å²) in [6.45, 7) is -0.0872. The Balaban J connectivity index is 2.20. The lowest BCUT2D eigenvalue weighted by Crippen LogP contribution is -2.38. The molecule has 11 heteroatoms. The number of hydrogen-bond acceptors (Lipinski definition) is 6. The number of nitrogen functional groups attached to an aromatic ring is 1. The summed E-state index contributed by atoms with van der Waals surface area (Å²) in [4.78, 5) is 29.1. The fourth-order valence-corrected chi connectivity index (χ4v) is 4.14. The Labute approximate surface area is 168 Å². The Kier molecular flexibility index (Phi) is 4.95. The largest absolute Gasteiger partial charge is 0.399 e. The molecule has 0 saturated heterocycles. The Hall–Kier alpha value is -2.84. The first-order valence-corrected chi connectivity index (χ1v) is 10.6. The smallest absolute Gasteiger partial charge is 0.333 e. The topological polar surface area (TPSA) is 122 Å². The summed E-state index contributed by atoms with van der Waals surface area (Å²) < 4.78 is 27.9. The van der Waals surface area contributed by atoms with Crippen molar-refractivity contribution in [3.63, 3.8) is 0 Å². The predicted molar refractivity (Wildman–Crippen MR) is 109 cm³/mol. The van der Waals surface area contributed by atoms with E-state index in [0.717, 1.165) is 15.3 Å². The van der Waals surface area contributed by atoms with Crippen molar-refractivity contribution in [3.8, 4) is 11.8 Å². The Morgan fingerprint density at radius 1 is 1.18 bits per heavy atom. The van der Waals surface area contributed by atoms with Gasteiger partial charge in [-0.3, -0.25) is 13.9 Å². The van der Waals surface area contributed by atoms with Gasteiger partial charge >= 0.3 is 5.69 Å². The molecule has 0 amide bonds. The molecule has 0 saturated carbocycles. The number of imidazole rings is 1. The van der Waals surface area contributed by atoms with Crippen LogP contribution in [0.5, 0.6) is 0 Å². The first-order chi connectivity index (χ1) is 13.0. The molecular weight excluding hydrogens is 450 g/mol. The van der Waals surface area contributed by atoms with Gasteiger partial charge in [0.25, 0.3) is 5.56 Å². The number of nitrogens with zero attached hydrogens (tertiary/aromatic N) is 4. The minimum absolute atomic E-state index is 0.0102. The highest BCUT2D eigenvalue weighted by molar-refractivity contribution is 9.10. The molecule has 0 radical (unpaired) electrons. The molecule has 3 aromatic rings. The quantitative estimate of drug-likeness (QED) is 0.427. The normalized spacial score (nSPS) is 11.4. The second kappa shape index (κ2) is 6.96. The minimum atomic E-state index is -3.69. The third kappa shape index (κ3) is 3.48. The lowest BCUT2D eigenvalue weighted by atomic mass is 10.2. The lowest BCUT2D eigenvalue weighted by Gasteiger charge is -2.05. The lowest BCUT2D eigenvalue weighted by molar-refractivity contribution is 0.586. The van der Waals surface area contributed by atoms with Crippen LogP contribution in [-0.2, 0) is 30.5 Å². The number of aryl methyl sites for hydroxylation is 1. The molecule has 0 spiro atoms. The van der Waals surface area contributed by atoms with Crippen LogP contribution in [0.2, 0.25) is 0 Å². The number of nitrogens with two attached hydrogens (primary N) is 1. The molecule has 0 unspecified atom stereocenters. The zero-order chi connectivity index (χ0) is 20.8. The van der Waals surface area contributed by atoms with Crippen LogP contribution < -0.4 is 17.0 Å². The fraction of sp³-hybridized carbons (Fsp3) is 0.235. The fourth-order valence-electron chi connectivity index (χ4n) is 2.79. The molecule has 2 aromatic heterocycles. The molecule has 28 heavy (non-hydrogen) atoms. The van der Waals surface area contributed by atoms with Gasteiger partial charge in [-0.2, -0.15) is 4.98 Å². The molecule has 2 heterocycles. The van der Waals surface area contributed by atoms with E-state index < -0.39 is 21.1 Å². The highest BCUT2D eigenvalue weighted by atomic mass is 79.9. The van der Waals surface area contributed by atoms with Crippen LogP contribution in [0.15, 0.2) is 37.4 Å². The molecule has 0 aliphatic heterocycles. The van der Waals surface area contributed by atoms with Crippen molar-refractivity contribution >= 4 is 42.6 Å². The van der Waals surface area contributed by atoms with E-state index in [1.165, 1.54) is 23.2 Å². The second-order valence-corrected chi connectivity index (χ2v) is 9.03. The van der Waals surface area contributed by atoms with Crippen LogP contribution in [-0.4, -0.2) is 33.4 Å². The van der Waals surface area contributed by atoms with Gasteiger partial charge in [0.1, 0.15) is 0 Å². The monoisotopic (exact) mass is 465 g/mol. The van der Waals surface area contributed by atoms with E-state index in [4.69, 9.17) is 5.73 Å². The molecular formula is C17H16BrN5O4S. The van der Waals surface area contributed by atoms with E-state index in [0.29, 0.717) is 11.3 Å². The molecule has 0 atom stereocenters. The molecule has 0 aliphatic carbocycles. The maximum Gasteiger partial charge on any atom is 0.333 e. The van der Waals surface area contributed by atoms with E-state index in [9.17, 15) is 18.0 Å². The number of anilines is 1. The molecule has 0 bridgehead atoms. The molecule has 9 nitrogen and oxygen atoms in total. The van der Waals surface area contributed by atoms with Crippen LogP contribution in [0, 0.1) is 11.8 Å². The number of rotatable bonds is 2. The SMILES string of the molecule is Cn1c(=O)c2c(nc(S(C)(=O)=O)n2C)n(CC#Cc2cc(N)cc(Br)c2)c1=O. The Morgan fingerprint density at radius 2 is 1.86 bits per heavy atom. The van der Waals surface area contributed by atoms with Gasteiger partial charge in [0.05, 0.1) is 6.54 Å². The van der Waals surface area contributed by atoms with Gasteiger partial charge in [-0.1, -0.05) is 27.8 Å². The number of benzene rings is 1. The highest BCUT2D eigenvalue weighted by Crippen LogP contribution is 2.17. The molecule has 2 N–H and O–H groups in total. The summed E-state index contributed by atoms with van der Waals surface area (Å²) in [7, 11) is -0.964. The molecule has 1 aromatic carbocycles. The van der Waals surface area contributed by atoms with Crippen molar-refractivity contribution in [2.24, 2.45) is 14.1 Å². The second-order valence-electron chi connectivity index (χ2n) is 6.21. The number of aromatic nitrogens is 4. The standard InChI is InChI=1S/C17H16BrN5O4S/c1-21-13-14(20-16(21)28(3,26)27)23(17(25)22(2)15(13)24)6-4-5-10-7-11(18)9-12(19)8-10/h7-9H,6,19H2,1-3H3. The zero-order valence-corrected chi connectivity index (χ0v) is 17.6. The molecule has 0 fully saturated rings. The van der Waals surface area contributed by atoms with Crippen LogP contribution in [0.1, 0.15) is 5.56 Å². The molecule has 0 aliphatic rings. The van der Waals surface area contributed by atoms with E-state index in [-0.39, 0.29) is 22.9 Å². The van der Waals surface area contributed by atoms with Gasteiger partial charge in [0, 0.05) is 36.1 Å². The number of hydrogen-bond donors (Lipinski definition) is 1. The summed E-state index contributed by atoms with van der Waals surface area (Å²) in [5.74, 6) is 5.73. The first kappa shape index (κ1) is 19.9. The summed E-state index contributed by atoms with van der Waals surface area (Å²) in [6.07, 6.45) is 0.985. The average molecular weight is 466 g/mol. The van der Waals surface area contributed by atoms with Crippen molar-refractivity contribution in [1.29, 1.82) is 0 Å². The predicted octanol–water partition coefficient (Wildman–Crippen LogP) is 0.234. The highest BCUT2D eigenvalue weighted by Gasteiger charge is 2.23. The Morgan fingerprint density at radius 3 is 2.46 bits per heavy atom. The van der Waals surface area contributed by atoms with Crippen LogP contribution in [0.3, 0.4) is 0 Å². The van der Waals surface area contributed by atoms with Gasteiger partial charge in [-0.15, -0.1) is 0 Å². The van der Waals surface area contributed by atoms with Gasteiger partial charge in [-0.25, -0.2) is 13.2 Å². The van der Waals surface area contributed by atoms with E-state index in [1.54, 1.807) is 18.2 Å².